The minimum absolute atomic E-state index is 0.482. The first kappa shape index (κ1) is 11.4. The van der Waals surface area contributed by atoms with Crippen LogP contribution in [0.3, 0.4) is 0 Å². The highest BCUT2D eigenvalue weighted by Gasteiger charge is 2.06. The molecule has 0 bridgehead atoms. The summed E-state index contributed by atoms with van der Waals surface area (Å²) in [5, 5.41) is 8.77. The molecule has 0 aliphatic carbocycles. The van der Waals surface area contributed by atoms with E-state index < -0.39 is 0 Å². The van der Waals surface area contributed by atoms with Crippen LogP contribution in [0, 0.1) is 6.92 Å². The summed E-state index contributed by atoms with van der Waals surface area (Å²) in [6, 6.07) is 13.0. The van der Waals surface area contributed by atoms with Crippen molar-refractivity contribution in [3.05, 3.63) is 48.0 Å². The molecule has 0 saturated carbocycles. The molecule has 0 saturated heterocycles. The summed E-state index contributed by atoms with van der Waals surface area (Å²) in [5.41, 5.74) is 3.30. The van der Waals surface area contributed by atoms with Gasteiger partial charge in [-0.05, 0) is 42.8 Å². The average Bonchev–Trinajstić information content (AvgIpc) is 2.85. The van der Waals surface area contributed by atoms with E-state index in [9.17, 15) is 4.79 Å². The second kappa shape index (κ2) is 4.53. The van der Waals surface area contributed by atoms with Gasteiger partial charge in [-0.1, -0.05) is 12.1 Å². The lowest BCUT2D eigenvalue weighted by Gasteiger charge is -2.04. The largest absolute Gasteiger partial charge is 0.423 e. The normalized spacial score (nSPS) is 10.6. The third-order valence-electron chi connectivity index (χ3n) is 2.83. The predicted octanol–water partition coefficient (Wildman–Crippen LogP) is 2.17. The molecule has 3 rings (SSSR count). The van der Waals surface area contributed by atoms with Gasteiger partial charge in [-0.25, -0.2) is 4.79 Å². The second-order valence-corrected chi connectivity index (χ2v) is 4.11. The van der Waals surface area contributed by atoms with Gasteiger partial charge in [0.1, 0.15) is 16.8 Å². The molecule has 0 aliphatic heterocycles. The summed E-state index contributed by atoms with van der Waals surface area (Å²) >= 11 is 0. The van der Waals surface area contributed by atoms with Crippen molar-refractivity contribution in [3.8, 4) is 11.4 Å². The fraction of sp³-hybridized carbons (Fsp3) is 0.0714. The van der Waals surface area contributed by atoms with Gasteiger partial charge in [0.05, 0.1) is 5.69 Å². The summed E-state index contributed by atoms with van der Waals surface area (Å²) in [4.78, 5) is 11.8. The molecule has 0 fully saturated rings. The van der Waals surface area contributed by atoms with Crippen LogP contribution in [-0.4, -0.2) is 21.5 Å². The van der Waals surface area contributed by atoms with Crippen LogP contribution in [0.15, 0.2) is 42.5 Å². The zero-order valence-electron chi connectivity index (χ0n) is 10.2. The van der Waals surface area contributed by atoms with Gasteiger partial charge >= 0.3 is 6.47 Å². The van der Waals surface area contributed by atoms with Crippen LogP contribution in [-0.2, 0) is 4.79 Å². The van der Waals surface area contributed by atoms with Crippen LogP contribution in [0.4, 0.5) is 0 Å². The maximum Gasteiger partial charge on any atom is 0.423 e. The van der Waals surface area contributed by atoms with Crippen LogP contribution >= 0.6 is 0 Å². The summed E-state index contributed by atoms with van der Waals surface area (Å²) in [6.45, 7) is 3.26. The Morgan fingerprint density at radius 3 is 2.37 bits per heavy atom. The van der Waals surface area contributed by atoms with E-state index in [1.54, 1.807) is 16.9 Å². The lowest BCUT2D eigenvalue weighted by molar-refractivity contribution is 0.441. The fourth-order valence-electron chi connectivity index (χ4n) is 1.89. The molecule has 19 heavy (non-hydrogen) atoms. The van der Waals surface area contributed by atoms with Gasteiger partial charge in [0.15, 0.2) is 0 Å². The molecular formula is C14H10N3O2. The summed E-state index contributed by atoms with van der Waals surface area (Å²) in [5.74, 6) is 0.482. The Bertz CT molecular complexity index is 716. The smallest absolute Gasteiger partial charge is 0.418 e. The molecule has 0 N–H and O–H groups in total. The molecule has 1 aromatic heterocycles. The van der Waals surface area contributed by atoms with Gasteiger partial charge in [0, 0.05) is 0 Å². The Labute approximate surface area is 109 Å². The Morgan fingerprint density at radius 2 is 1.79 bits per heavy atom. The van der Waals surface area contributed by atoms with Gasteiger partial charge < -0.3 is 4.74 Å². The van der Waals surface area contributed by atoms with Crippen LogP contribution in [0.5, 0.6) is 5.75 Å². The van der Waals surface area contributed by atoms with Crippen LogP contribution in [0.1, 0.15) is 5.56 Å². The van der Waals surface area contributed by atoms with Crippen molar-refractivity contribution in [1.82, 2.24) is 15.0 Å². The molecule has 5 nitrogen and oxygen atoms in total. The molecule has 0 atom stereocenters. The quantitative estimate of drug-likeness (QED) is 0.716. The molecule has 5 heteroatoms. The standard InChI is InChI=1S/C14H10N3O2/c1-10-8-11(6-7-14(10)19-9-18)17-15-12-4-2-3-5-13(12)16-17/h2-8H,1H3. The van der Waals surface area contributed by atoms with Crippen molar-refractivity contribution in [1.29, 1.82) is 0 Å². The molecular weight excluding hydrogens is 242 g/mol. The molecule has 3 aromatic rings. The fourth-order valence-corrected chi connectivity index (χ4v) is 1.89. The van der Waals surface area contributed by atoms with E-state index in [-0.39, 0.29) is 0 Å². The first-order valence-corrected chi connectivity index (χ1v) is 5.75. The van der Waals surface area contributed by atoms with E-state index in [0.717, 1.165) is 22.3 Å². The van der Waals surface area contributed by atoms with E-state index in [1.807, 2.05) is 37.3 Å². The summed E-state index contributed by atoms with van der Waals surface area (Å²) in [7, 11) is 0. The van der Waals surface area contributed by atoms with Gasteiger partial charge in [0.25, 0.3) is 0 Å². The number of nitrogens with zero attached hydrogens (tertiary/aromatic N) is 3. The van der Waals surface area contributed by atoms with Crippen molar-refractivity contribution in [2.45, 2.75) is 6.92 Å². The Hall–Kier alpha value is -2.69. The second-order valence-electron chi connectivity index (χ2n) is 4.11. The maximum absolute atomic E-state index is 10.2. The lowest BCUT2D eigenvalue weighted by atomic mass is 10.2. The molecule has 0 amide bonds. The topological polar surface area (TPSA) is 57.0 Å². The Morgan fingerprint density at radius 1 is 1.11 bits per heavy atom. The number of ether oxygens (including phenoxy) is 1. The maximum atomic E-state index is 10.2. The monoisotopic (exact) mass is 252 g/mol. The Kier molecular flexibility index (Phi) is 2.72. The van der Waals surface area contributed by atoms with E-state index >= 15 is 0 Å². The minimum Gasteiger partial charge on any atom is -0.418 e. The zero-order chi connectivity index (χ0) is 13.2. The number of fused-ring (bicyclic) bond motifs is 1. The first-order valence-electron chi connectivity index (χ1n) is 5.75. The first-order chi connectivity index (χ1) is 9.28. The Balaban J connectivity index is 2.06. The number of benzene rings is 2. The SMILES string of the molecule is Cc1cc(-n2nc3ccccc3n2)ccc1O[C]=O. The van der Waals surface area contributed by atoms with E-state index in [4.69, 9.17) is 4.74 Å². The van der Waals surface area contributed by atoms with Crippen molar-refractivity contribution >= 4 is 17.5 Å². The molecule has 0 spiro atoms. The minimum atomic E-state index is 0.482. The highest BCUT2D eigenvalue weighted by Crippen LogP contribution is 2.21. The molecule has 2 aromatic carbocycles. The zero-order valence-corrected chi connectivity index (χ0v) is 10.2. The number of hydrogen-bond donors (Lipinski definition) is 0. The van der Waals surface area contributed by atoms with Crippen LogP contribution < -0.4 is 4.74 Å². The van der Waals surface area contributed by atoms with Crippen LogP contribution in [0.25, 0.3) is 16.7 Å². The van der Waals surface area contributed by atoms with Gasteiger partial charge in [-0.3, -0.25) is 0 Å². The number of aryl methyl sites for hydroxylation is 1. The third-order valence-corrected chi connectivity index (χ3v) is 2.83. The summed E-state index contributed by atoms with van der Waals surface area (Å²) in [6.07, 6.45) is 0. The molecule has 93 valence electrons. The third kappa shape index (κ3) is 2.06. The molecule has 1 radical (unpaired) electrons. The number of hydrogen-bond acceptors (Lipinski definition) is 4. The van der Waals surface area contributed by atoms with Gasteiger partial charge in [-0.2, -0.15) is 4.80 Å². The highest BCUT2D eigenvalue weighted by atomic mass is 16.5. The summed E-state index contributed by atoms with van der Waals surface area (Å²) < 4.78 is 4.73. The van der Waals surface area contributed by atoms with Crippen molar-refractivity contribution in [3.63, 3.8) is 0 Å². The molecule has 0 unspecified atom stereocenters. The van der Waals surface area contributed by atoms with Crippen molar-refractivity contribution < 1.29 is 9.53 Å². The highest BCUT2D eigenvalue weighted by molar-refractivity contribution is 5.73. The van der Waals surface area contributed by atoms with Gasteiger partial charge in [-0.15, -0.1) is 10.2 Å². The average molecular weight is 252 g/mol. The number of aromatic nitrogens is 3. The van der Waals surface area contributed by atoms with Crippen molar-refractivity contribution in [2.75, 3.05) is 0 Å². The van der Waals surface area contributed by atoms with E-state index in [0.29, 0.717) is 5.75 Å². The predicted molar refractivity (Wildman–Crippen MR) is 69.9 cm³/mol. The number of carbonyl (C=O) groups excluding carboxylic acids is 1. The number of rotatable bonds is 3. The lowest BCUT2D eigenvalue weighted by Crippen LogP contribution is -2.00. The molecule has 0 aliphatic rings. The molecule has 1 heterocycles. The van der Waals surface area contributed by atoms with E-state index in [2.05, 4.69) is 10.2 Å². The van der Waals surface area contributed by atoms with Crippen LogP contribution in [0.2, 0.25) is 0 Å². The van der Waals surface area contributed by atoms with Crippen molar-refractivity contribution in [2.24, 2.45) is 0 Å². The van der Waals surface area contributed by atoms with E-state index in [1.165, 1.54) is 6.47 Å². The van der Waals surface area contributed by atoms with Gasteiger partial charge in [0.2, 0.25) is 0 Å².